The quantitative estimate of drug-likeness (QED) is 0.254. The number of hydrogen-bond donors (Lipinski definition) is 0. The number of benzene rings is 1. The summed E-state index contributed by atoms with van der Waals surface area (Å²) < 4.78 is 63.1. The third-order valence-electron chi connectivity index (χ3n) is 5.90. The molecular formula is C25H25F3N4O3S. The van der Waals surface area contributed by atoms with Crippen molar-refractivity contribution in [2.24, 2.45) is 5.16 Å². The van der Waals surface area contributed by atoms with Gasteiger partial charge < -0.3 is 4.84 Å². The number of sulfone groups is 1. The van der Waals surface area contributed by atoms with Gasteiger partial charge in [-0.05, 0) is 73.3 Å². The highest BCUT2D eigenvalue weighted by molar-refractivity contribution is 7.90. The fourth-order valence-electron chi connectivity index (χ4n) is 4.05. The van der Waals surface area contributed by atoms with E-state index in [1.54, 1.807) is 24.5 Å². The average Bonchev–Trinajstić information content (AvgIpc) is 2.85. The van der Waals surface area contributed by atoms with Crippen LogP contribution in [-0.2, 0) is 21.2 Å². The molecule has 0 amide bonds. The lowest BCUT2D eigenvalue weighted by atomic mass is 9.90. The summed E-state index contributed by atoms with van der Waals surface area (Å²) in [5.74, 6) is -2.89. The number of nitrogens with zero attached hydrogens (tertiary/aromatic N) is 4. The number of aromatic nitrogens is 2. The maximum Gasteiger partial charge on any atom is 0.217 e. The standard InChI is InChI=1S/C25H25F3N4O3S/c1-36(33,34)16-35-31-25(19-3-5-21(26)22(27)12-19)23-6-2-17(13-29-23)15-32-10-8-18(9-11-32)20-4-7-24(28)30-14-20/h2-7,12-14,18H,8-11,15-16H2,1H3/b31-25+. The first kappa shape index (κ1) is 25.8. The number of piperidine rings is 1. The summed E-state index contributed by atoms with van der Waals surface area (Å²) in [4.78, 5) is 15.4. The van der Waals surface area contributed by atoms with E-state index in [0.29, 0.717) is 18.2 Å². The molecule has 2 aromatic heterocycles. The molecule has 4 rings (SSSR count). The smallest absolute Gasteiger partial charge is 0.217 e. The number of pyridine rings is 2. The zero-order valence-corrected chi connectivity index (χ0v) is 20.4. The summed E-state index contributed by atoms with van der Waals surface area (Å²) in [5.41, 5.74) is 2.59. The van der Waals surface area contributed by atoms with E-state index < -0.39 is 33.4 Å². The average molecular weight is 519 g/mol. The Labute approximate surface area is 207 Å². The molecule has 3 heterocycles. The van der Waals surface area contributed by atoms with Gasteiger partial charge in [0.2, 0.25) is 11.9 Å². The number of halogens is 3. The summed E-state index contributed by atoms with van der Waals surface area (Å²) in [6.45, 7) is 2.40. The van der Waals surface area contributed by atoms with Crippen LogP contribution >= 0.6 is 0 Å². The molecule has 1 aromatic carbocycles. The molecule has 0 aliphatic carbocycles. The van der Waals surface area contributed by atoms with Crippen LogP contribution in [0.3, 0.4) is 0 Å². The second-order valence-corrected chi connectivity index (χ2v) is 10.8. The SMILES string of the molecule is CS(=O)(=O)CO/N=C(\c1ccc(F)c(F)c1)c1ccc(CN2CCC(c3ccc(F)nc3)CC2)cn1. The Bertz CT molecular complexity index is 1330. The van der Waals surface area contributed by atoms with Gasteiger partial charge in [0.05, 0.1) is 5.69 Å². The molecule has 1 fully saturated rings. The van der Waals surface area contributed by atoms with E-state index in [0.717, 1.165) is 55.4 Å². The highest BCUT2D eigenvalue weighted by atomic mass is 32.2. The van der Waals surface area contributed by atoms with Gasteiger partial charge in [-0.15, -0.1) is 0 Å². The van der Waals surface area contributed by atoms with Gasteiger partial charge in [-0.25, -0.2) is 22.2 Å². The fraction of sp³-hybridized carbons (Fsp3) is 0.320. The summed E-state index contributed by atoms with van der Waals surface area (Å²) in [6.07, 6.45) is 6.13. The van der Waals surface area contributed by atoms with Crippen LogP contribution in [0.2, 0.25) is 0 Å². The van der Waals surface area contributed by atoms with Gasteiger partial charge in [-0.3, -0.25) is 9.88 Å². The molecule has 7 nitrogen and oxygen atoms in total. The minimum absolute atomic E-state index is 0.0813. The molecule has 0 bridgehead atoms. The second-order valence-electron chi connectivity index (χ2n) is 8.76. The monoisotopic (exact) mass is 518 g/mol. The van der Waals surface area contributed by atoms with Crippen molar-refractivity contribution in [3.63, 3.8) is 0 Å². The van der Waals surface area contributed by atoms with Crippen molar-refractivity contribution < 1.29 is 26.4 Å². The lowest BCUT2D eigenvalue weighted by Gasteiger charge is -2.32. The van der Waals surface area contributed by atoms with E-state index in [2.05, 4.69) is 20.0 Å². The van der Waals surface area contributed by atoms with Crippen LogP contribution < -0.4 is 0 Å². The lowest BCUT2D eigenvalue weighted by molar-refractivity contribution is 0.190. The molecule has 36 heavy (non-hydrogen) atoms. The van der Waals surface area contributed by atoms with E-state index in [1.807, 2.05) is 6.07 Å². The van der Waals surface area contributed by atoms with Gasteiger partial charge in [-0.2, -0.15) is 4.39 Å². The number of hydrogen-bond acceptors (Lipinski definition) is 7. The highest BCUT2D eigenvalue weighted by Crippen LogP contribution is 2.28. The minimum atomic E-state index is -3.46. The Balaban J connectivity index is 1.44. The molecule has 1 aliphatic heterocycles. The Morgan fingerprint density at radius 1 is 1.03 bits per heavy atom. The summed E-state index contributed by atoms with van der Waals surface area (Å²) in [6, 6.07) is 9.93. The molecule has 0 atom stereocenters. The predicted molar refractivity (Wildman–Crippen MR) is 128 cm³/mol. The zero-order chi connectivity index (χ0) is 25.7. The third kappa shape index (κ3) is 6.88. The molecule has 0 unspecified atom stereocenters. The first-order valence-corrected chi connectivity index (χ1v) is 13.4. The highest BCUT2D eigenvalue weighted by Gasteiger charge is 2.21. The van der Waals surface area contributed by atoms with Crippen molar-refractivity contribution in [1.82, 2.24) is 14.9 Å². The Morgan fingerprint density at radius 2 is 1.81 bits per heavy atom. The van der Waals surface area contributed by atoms with Gasteiger partial charge in [0.25, 0.3) is 0 Å². The maximum atomic E-state index is 13.8. The molecule has 190 valence electrons. The van der Waals surface area contributed by atoms with E-state index in [1.165, 1.54) is 12.1 Å². The Morgan fingerprint density at radius 3 is 2.42 bits per heavy atom. The topological polar surface area (TPSA) is 84.8 Å². The summed E-state index contributed by atoms with van der Waals surface area (Å²) >= 11 is 0. The van der Waals surface area contributed by atoms with Crippen molar-refractivity contribution in [3.05, 3.63) is 94.8 Å². The van der Waals surface area contributed by atoms with E-state index in [4.69, 9.17) is 4.84 Å². The second kappa shape index (κ2) is 11.2. The van der Waals surface area contributed by atoms with Crippen molar-refractivity contribution in [3.8, 4) is 0 Å². The molecular weight excluding hydrogens is 493 g/mol. The molecule has 0 radical (unpaired) electrons. The van der Waals surface area contributed by atoms with Gasteiger partial charge in [0.15, 0.2) is 21.5 Å². The molecule has 0 spiro atoms. The van der Waals surface area contributed by atoms with Crippen LogP contribution in [0, 0.1) is 17.6 Å². The van der Waals surface area contributed by atoms with Crippen LogP contribution in [0.1, 0.15) is 41.1 Å². The maximum absolute atomic E-state index is 13.8. The van der Waals surface area contributed by atoms with Crippen molar-refractivity contribution in [2.45, 2.75) is 25.3 Å². The first-order valence-electron chi connectivity index (χ1n) is 11.3. The third-order valence-corrected chi connectivity index (χ3v) is 6.43. The van der Waals surface area contributed by atoms with Crippen LogP contribution in [0.15, 0.2) is 60.0 Å². The molecule has 3 aromatic rings. The predicted octanol–water partition coefficient (Wildman–Crippen LogP) is 4.04. The fourth-order valence-corrected chi connectivity index (χ4v) is 4.29. The van der Waals surface area contributed by atoms with Crippen LogP contribution in [0.25, 0.3) is 0 Å². The largest absolute Gasteiger partial charge is 0.379 e. The van der Waals surface area contributed by atoms with Crippen molar-refractivity contribution >= 4 is 15.5 Å². The first-order chi connectivity index (χ1) is 17.2. The van der Waals surface area contributed by atoms with Crippen molar-refractivity contribution in [2.75, 3.05) is 25.3 Å². The van der Waals surface area contributed by atoms with Crippen molar-refractivity contribution in [1.29, 1.82) is 0 Å². The number of likely N-dealkylation sites (tertiary alicyclic amines) is 1. The molecule has 11 heteroatoms. The van der Waals surface area contributed by atoms with E-state index >= 15 is 0 Å². The van der Waals surface area contributed by atoms with Gasteiger partial charge in [-0.1, -0.05) is 17.3 Å². The lowest BCUT2D eigenvalue weighted by Crippen LogP contribution is -2.32. The Kier molecular flexibility index (Phi) is 8.00. The van der Waals surface area contributed by atoms with Crippen LogP contribution in [0.5, 0.6) is 0 Å². The van der Waals surface area contributed by atoms with Crippen LogP contribution in [0.4, 0.5) is 13.2 Å². The molecule has 1 aliphatic rings. The van der Waals surface area contributed by atoms with Gasteiger partial charge in [0, 0.05) is 30.8 Å². The van der Waals surface area contributed by atoms with Gasteiger partial charge in [0.1, 0.15) is 5.71 Å². The molecule has 0 N–H and O–H groups in total. The Hall–Kier alpha value is -3.31. The summed E-state index contributed by atoms with van der Waals surface area (Å²) in [7, 11) is -3.46. The number of rotatable bonds is 8. The zero-order valence-electron chi connectivity index (χ0n) is 19.6. The minimum Gasteiger partial charge on any atom is -0.379 e. The van der Waals surface area contributed by atoms with E-state index in [9.17, 15) is 21.6 Å². The summed E-state index contributed by atoms with van der Waals surface area (Å²) in [5, 5.41) is 3.86. The number of oxime groups is 1. The molecule has 1 saturated heterocycles. The van der Waals surface area contributed by atoms with E-state index in [-0.39, 0.29) is 11.3 Å². The van der Waals surface area contributed by atoms with Gasteiger partial charge >= 0.3 is 0 Å². The molecule has 0 saturated carbocycles. The van der Waals surface area contributed by atoms with Crippen LogP contribution in [-0.4, -0.2) is 54.3 Å². The normalized spacial score (nSPS) is 15.7.